The Balaban J connectivity index is 2.01. The van der Waals surface area contributed by atoms with Gasteiger partial charge in [-0.2, -0.15) is 0 Å². The average Bonchev–Trinajstić information content (AvgIpc) is 2.45. The molecule has 3 atom stereocenters. The summed E-state index contributed by atoms with van der Waals surface area (Å²) in [5.41, 5.74) is 5.71. The molecule has 2 N–H and O–H groups in total. The fourth-order valence-corrected chi connectivity index (χ4v) is 3.16. The number of hydrogen-bond acceptors (Lipinski definition) is 3. The van der Waals surface area contributed by atoms with Crippen LogP contribution in [0.25, 0.3) is 0 Å². The first kappa shape index (κ1) is 13.7. The van der Waals surface area contributed by atoms with Gasteiger partial charge in [-0.1, -0.05) is 0 Å². The van der Waals surface area contributed by atoms with Crippen LogP contribution in [0.4, 0.5) is 4.79 Å². The number of nitrogens with two attached hydrogens (primary N) is 1. The number of rotatable bonds is 0. The van der Waals surface area contributed by atoms with E-state index in [0.29, 0.717) is 17.9 Å². The quantitative estimate of drug-likeness (QED) is 0.722. The lowest BCUT2D eigenvalue weighted by Crippen LogP contribution is -2.43. The van der Waals surface area contributed by atoms with Crippen LogP contribution in [0.2, 0.25) is 0 Å². The van der Waals surface area contributed by atoms with E-state index in [1.165, 1.54) is 12.8 Å². The molecule has 4 heteroatoms. The maximum Gasteiger partial charge on any atom is 0.410 e. The van der Waals surface area contributed by atoms with Crippen molar-refractivity contribution in [2.75, 3.05) is 13.1 Å². The van der Waals surface area contributed by atoms with Crippen molar-refractivity contribution in [1.29, 1.82) is 0 Å². The summed E-state index contributed by atoms with van der Waals surface area (Å²) in [5.74, 6) is 1.11. The highest BCUT2D eigenvalue weighted by atomic mass is 16.6. The van der Waals surface area contributed by atoms with Crippen molar-refractivity contribution in [3.63, 3.8) is 0 Å². The molecule has 18 heavy (non-hydrogen) atoms. The largest absolute Gasteiger partial charge is 0.444 e. The predicted octanol–water partition coefficient (Wildman–Crippen LogP) is 2.37. The summed E-state index contributed by atoms with van der Waals surface area (Å²) in [6, 6.07) is 0.322. The van der Waals surface area contributed by atoms with Gasteiger partial charge in [-0.3, -0.25) is 0 Å². The van der Waals surface area contributed by atoms with Gasteiger partial charge in [0.05, 0.1) is 0 Å². The third-order valence-corrected chi connectivity index (χ3v) is 3.86. The van der Waals surface area contributed by atoms with Crippen LogP contribution in [0, 0.1) is 11.8 Å². The van der Waals surface area contributed by atoms with E-state index in [4.69, 9.17) is 10.5 Å². The van der Waals surface area contributed by atoms with Gasteiger partial charge in [-0.25, -0.2) is 4.79 Å². The second kappa shape index (κ2) is 5.08. The van der Waals surface area contributed by atoms with E-state index in [-0.39, 0.29) is 6.09 Å². The van der Waals surface area contributed by atoms with Gasteiger partial charge in [0, 0.05) is 19.1 Å². The molecule has 0 radical (unpaired) electrons. The second-order valence-electron chi connectivity index (χ2n) is 6.93. The van der Waals surface area contributed by atoms with Crippen molar-refractivity contribution in [3.8, 4) is 0 Å². The topological polar surface area (TPSA) is 55.6 Å². The van der Waals surface area contributed by atoms with E-state index in [1.807, 2.05) is 25.7 Å². The number of likely N-dealkylation sites (tertiary alicyclic amines) is 1. The lowest BCUT2D eigenvalue weighted by atomic mass is 9.96. The molecule has 2 bridgehead atoms. The lowest BCUT2D eigenvalue weighted by molar-refractivity contribution is 0.0190. The van der Waals surface area contributed by atoms with Crippen molar-refractivity contribution in [1.82, 2.24) is 4.90 Å². The van der Waals surface area contributed by atoms with Crippen molar-refractivity contribution in [2.45, 2.75) is 58.1 Å². The standard InChI is InChI=1S/C14H26N2O2/c1-14(2,3)18-13(17)16-8-10-4-5-11(9-16)7-12(15)6-10/h10-12H,4-9,15H2,1-3H3/t10-,11+,12?. The van der Waals surface area contributed by atoms with E-state index in [0.717, 1.165) is 25.9 Å². The van der Waals surface area contributed by atoms with Crippen molar-refractivity contribution in [3.05, 3.63) is 0 Å². The molecular weight excluding hydrogens is 228 g/mol. The molecule has 1 amide bonds. The number of ether oxygens (including phenoxy) is 1. The second-order valence-corrected chi connectivity index (χ2v) is 6.93. The lowest BCUT2D eigenvalue weighted by Gasteiger charge is -2.32. The van der Waals surface area contributed by atoms with E-state index in [2.05, 4.69) is 0 Å². The van der Waals surface area contributed by atoms with Gasteiger partial charge < -0.3 is 15.4 Å². The van der Waals surface area contributed by atoms with Crippen molar-refractivity contribution < 1.29 is 9.53 Å². The maximum absolute atomic E-state index is 12.2. The van der Waals surface area contributed by atoms with Crippen molar-refractivity contribution >= 4 is 6.09 Å². The summed E-state index contributed by atoms with van der Waals surface area (Å²) < 4.78 is 5.48. The summed E-state index contributed by atoms with van der Waals surface area (Å²) in [4.78, 5) is 14.1. The number of hydrogen-bond donors (Lipinski definition) is 1. The number of carbonyl (C=O) groups is 1. The number of carbonyl (C=O) groups excluding carboxylic acids is 1. The normalized spacial score (nSPS) is 32.9. The Labute approximate surface area is 110 Å². The van der Waals surface area contributed by atoms with Gasteiger partial charge in [0.15, 0.2) is 0 Å². The van der Waals surface area contributed by atoms with Crippen LogP contribution in [0.1, 0.15) is 46.5 Å². The van der Waals surface area contributed by atoms with E-state index >= 15 is 0 Å². The molecule has 1 unspecified atom stereocenters. The summed E-state index contributed by atoms with van der Waals surface area (Å²) in [7, 11) is 0. The monoisotopic (exact) mass is 254 g/mol. The van der Waals surface area contributed by atoms with E-state index in [1.54, 1.807) is 0 Å². The van der Waals surface area contributed by atoms with Gasteiger partial charge in [0.2, 0.25) is 0 Å². The molecule has 0 aromatic heterocycles. The maximum atomic E-state index is 12.2. The third-order valence-electron chi connectivity index (χ3n) is 3.86. The van der Waals surface area contributed by atoms with Crippen LogP contribution in [0.5, 0.6) is 0 Å². The smallest absolute Gasteiger partial charge is 0.410 e. The SMILES string of the molecule is CC(C)(C)OC(=O)N1C[C@@H]2CC[C@@H](CC(N)C2)C1. The molecule has 2 aliphatic rings. The zero-order valence-electron chi connectivity index (χ0n) is 11.8. The average molecular weight is 254 g/mol. The van der Waals surface area contributed by atoms with Gasteiger partial charge in [0.1, 0.15) is 5.60 Å². The predicted molar refractivity (Wildman–Crippen MR) is 71.2 cm³/mol. The van der Waals surface area contributed by atoms with Crippen LogP contribution in [0.3, 0.4) is 0 Å². The molecule has 0 aromatic rings. The number of amides is 1. The minimum Gasteiger partial charge on any atom is -0.444 e. The molecule has 0 spiro atoms. The molecule has 1 saturated heterocycles. The Morgan fingerprint density at radius 3 is 2.11 bits per heavy atom. The van der Waals surface area contributed by atoms with Gasteiger partial charge in [0.25, 0.3) is 0 Å². The fraction of sp³-hybridized carbons (Fsp3) is 0.929. The van der Waals surface area contributed by atoms with Crippen LogP contribution in [-0.4, -0.2) is 35.7 Å². The molecule has 2 fully saturated rings. The Kier molecular flexibility index (Phi) is 3.85. The molecule has 1 aliphatic carbocycles. The Morgan fingerprint density at radius 2 is 1.67 bits per heavy atom. The van der Waals surface area contributed by atoms with Gasteiger partial charge >= 0.3 is 6.09 Å². The highest BCUT2D eigenvalue weighted by molar-refractivity contribution is 5.68. The van der Waals surface area contributed by atoms with Crippen LogP contribution in [0.15, 0.2) is 0 Å². The minimum absolute atomic E-state index is 0.158. The van der Waals surface area contributed by atoms with Crippen LogP contribution >= 0.6 is 0 Å². The minimum atomic E-state index is -0.408. The highest BCUT2D eigenvalue weighted by Crippen LogP contribution is 2.32. The zero-order valence-corrected chi connectivity index (χ0v) is 11.8. The molecule has 1 aliphatic heterocycles. The molecule has 104 valence electrons. The Morgan fingerprint density at radius 1 is 1.17 bits per heavy atom. The van der Waals surface area contributed by atoms with Gasteiger partial charge in [-0.15, -0.1) is 0 Å². The molecule has 0 aromatic carbocycles. The van der Waals surface area contributed by atoms with Crippen LogP contribution < -0.4 is 5.73 Å². The summed E-state index contributed by atoms with van der Waals surface area (Å²) >= 11 is 0. The Hall–Kier alpha value is -0.770. The number of fused-ring (bicyclic) bond motifs is 3. The summed E-state index contributed by atoms with van der Waals surface area (Å²) in [6.45, 7) is 7.39. The van der Waals surface area contributed by atoms with Gasteiger partial charge in [-0.05, 0) is 58.3 Å². The molecular formula is C14H26N2O2. The first-order valence-corrected chi connectivity index (χ1v) is 7.07. The molecule has 1 saturated carbocycles. The fourth-order valence-electron chi connectivity index (χ4n) is 3.16. The molecule has 4 nitrogen and oxygen atoms in total. The first-order valence-electron chi connectivity index (χ1n) is 7.07. The van der Waals surface area contributed by atoms with E-state index < -0.39 is 5.60 Å². The van der Waals surface area contributed by atoms with E-state index in [9.17, 15) is 4.79 Å². The molecule has 1 heterocycles. The third kappa shape index (κ3) is 3.61. The zero-order chi connectivity index (χ0) is 13.3. The van der Waals surface area contributed by atoms with Crippen molar-refractivity contribution in [2.24, 2.45) is 17.6 Å². The first-order chi connectivity index (χ1) is 8.33. The highest BCUT2D eigenvalue weighted by Gasteiger charge is 2.34. The number of nitrogens with zero attached hydrogens (tertiary/aromatic N) is 1. The van der Waals surface area contributed by atoms with Crippen LogP contribution in [-0.2, 0) is 4.74 Å². The summed E-state index contributed by atoms with van der Waals surface area (Å²) in [5, 5.41) is 0. The Bertz CT molecular complexity index is 295. The molecule has 2 rings (SSSR count). The summed E-state index contributed by atoms with van der Waals surface area (Å²) in [6.07, 6.45) is 4.36.